The topological polar surface area (TPSA) is 85.9 Å². The van der Waals surface area contributed by atoms with Crippen LogP contribution in [0.1, 0.15) is 5.82 Å². The molecule has 84 valence electrons. The van der Waals surface area contributed by atoms with Gasteiger partial charge in [0.2, 0.25) is 0 Å². The molecule has 2 aromatic rings. The molecule has 0 aliphatic rings. The second kappa shape index (κ2) is 4.19. The lowest BCUT2D eigenvalue weighted by atomic mass is 10.3. The van der Waals surface area contributed by atoms with E-state index >= 15 is 0 Å². The molecule has 6 heteroatoms. The Bertz CT molecular complexity index is 544. The highest BCUT2D eigenvalue weighted by Crippen LogP contribution is 2.14. The normalized spacial score (nSPS) is 10.4. The van der Waals surface area contributed by atoms with Crippen LogP contribution in [0.3, 0.4) is 0 Å². The second-order valence-electron chi connectivity index (χ2n) is 3.19. The number of nitrogens with two attached hydrogens (primary N) is 1. The Morgan fingerprint density at radius 2 is 2.38 bits per heavy atom. The summed E-state index contributed by atoms with van der Waals surface area (Å²) >= 11 is 0. The smallest absolute Gasteiger partial charge is 0.348 e. The summed E-state index contributed by atoms with van der Waals surface area (Å²) < 4.78 is 6.33. The van der Waals surface area contributed by atoms with Crippen LogP contribution in [0, 0.1) is 0 Å². The van der Waals surface area contributed by atoms with E-state index in [1.807, 2.05) is 0 Å². The molecule has 1 heterocycles. The van der Waals surface area contributed by atoms with Crippen LogP contribution in [0.25, 0.3) is 5.69 Å². The van der Waals surface area contributed by atoms with Crippen LogP contribution in [0.2, 0.25) is 0 Å². The summed E-state index contributed by atoms with van der Waals surface area (Å²) in [4.78, 5) is 14.1. The van der Waals surface area contributed by atoms with Gasteiger partial charge in [-0.2, -0.15) is 4.68 Å². The Hall–Kier alpha value is -2.08. The molecule has 0 aliphatic heterocycles. The Labute approximate surface area is 91.7 Å². The predicted octanol–water partition coefficient (Wildman–Crippen LogP) is 0.0279. The number of H-pyrrole nitrogens is 1. The Kier molecular flexibility index (Phi) is 2.74. The highest BCUT2D eigenvalue weighted by atomic mass is 16.5. The molecule has 0 atom stereocenters. The van der Waals surface area contributed by atoms with Crippen LogP contribution in [0.5, 0.6) is 5.75 Å². The SMILES string of the molecule is COc1cccc(-n2nc(CN)[nH]c2=O)c1. The van der Waals surface area contributed by atoms with Crippen molar-refractivity contribution in [2.45, 2.75) is 6.54 Å². The monoisotopic (exact) mass is 220 g/mol. The predicted molar refractivity (Wildman–Crippen MR) is 58.6 cm³/mol. The molecule has 16 heavy (non-hydrogen) atoms. The molecule has 0 saturated heterocycles. The summed E-state index contributed by atoms with van der Waals surface area (Å²) in [6.07, 6.45) is 0. The van der Waals surface area contributed by atoms with Gasteiger partial charge in [0, 0.05) is 6.07 Å². The first-order valence-electron chi connectivity index (χ1n) is 4.77. The second-order valence-corrected chi connectivity index (χ2v) is 3.19. The maximum atomic E-state index is 11.5. The quantitative estimate of drug-likeness (QED) is 0.764. The van der Waals surface area contributed by atoms with Crippen LogP contribution in [-0.2, 0) is 6.54 Å². The molecule has 1 aromatic heterocycles. The van der Waals surface area contributed by atoms with E-state index in [0.29, 0.717) is 17.3 Å². The highest BCUT2D eigenvalue weighted by molar-refractivity contribution is 5.38. The van der Waals surface area contributed by atoms with Gasteiger partial charge in [0.1, 0.15) is 11.6 Å². The average Bonchev–Trinajstić information content (AvgIpc) is 2.71. The number of hydrogen-bond acceptors (Lipinski definition) is 4. The van der Waals surface area contributed by atoms with Crippen molar-refractivity contribution >= 4 is 0 Å². The highest BCUT2D eigenvalue weighted by Gasteiger charge is 2.06. The summed E-state index contributed by atoms with van der Waals surface area (Å²) in [5, 5.41) is 4.04. The summed E-state index contributed by atoms with van der Waals surface area (Å²) in [5.41, 5.74) is 5.72. The van der Waals surface area contributed by atoms with Crippen LogP contribution in [0.15, 0.2) is 29.1 Å². The van der Waals surface area contributed by atoms with Gasteiger partial charge >= 0.3 is 5.69 Å². The molecule has 0 spiro atoms. The molecule has 6 nitrogen and oxygen atoms in total. The van der Waals surface area contributed by atoms with Crippen molar-refractivity contribution in [3.8, 4) is 11.4 Å². The summed E-state index contributed by atoms with van der Waals surface area (Å²) in [7, 11) is 1.57. The van der Waals surface area contributed by atoms with Gasteiger partial charge in [-0.05, 0) is 12.1 Å². The van der Waals surface area contributed by atoms with E-state index in [9.17, 15) is 4.79 Å². The van der Waals surface area contributed by atoms with E-state index in [2.05, 4.69) is 10.1 Å². The fourth-order valence-electron chi connectivity index (χ4n) is 1.38. The molecule has 0 aliphatic carbocycles. The standard InChI is InChI=1S/C10H12N4O2/c1-16-8-4-2-3-7(5-8)14-10(15)12-9(6-11)13-14/h2-5H,6,11H2,1H3,(H,12,13,15). The number of aromatic amines is 1. The summed E-state index contributed by atoms with van der Waals surface area (Å²) in [5.74, 6) is 1.12. The zero-order valence-electron chi connectivity index (χ0n) is 8.80. The number of nitrogens with one attached hydrogen (secondary N) is 1. The number of benzene rings is 1. The maximum Gasteiger partial charge on any atom is 0.348 e. The first kappa shape index (κ1) is 10.4. The van der Waals surface area contributed by atoms with Gasteiger partial charge in [-0.15, -0.1) is 5.10 Å². The first-order chi connectivity index (χ1) is 7.74. The van der Waals surface area contributed by atoms with Crippen molar-refractivity contribution < 1.29 is 4.74 Å². The fourth-order valence-corrected chi connectivity index (χ4v) is 1.38. The molecule has 0 amide bonds. The van der Waals surface area contributed by atoms with Gasteiger partial charge in [-0.25, -0.2) is 4.79 Å². The Morgan fingerprint density at radius 3 is 3.00 bits per heavy atom. The third-order valence-electron chi connectivity index (χ3n) is 2.16. The first-order valence-corrected chi connectivity index (χ1v) is 4.77. The molecule has 0 bridgehead atoms. The molecule has 3 N–H and O–H groups in total. The molecule has 0 unspecified atom stereocenters. The van der Waals surface area contributed by atoms with Gasteiger partial charge in [-0.3, -0.25) is 4.98 Å². The number of nitrogens with zero attached hydrogens (tertiary/aromatic N) is 2. The van der Waals surface area contributed by atoms with E-state index in [1.165, 1.54) is 4.68 Å². The molecular formula is C10H12N4O2. The lowest BCUT2D eigenvalue weighted by molar-refractivity contribution is 0.414. The average molecular weight is 220 g/mol. The molecule has 2 rings (SSSR count). The zero-order valence-corrected chi connectivity index (χ0v) is 8.80. The molecule has 0 saturated carbocycles. The number of hydrogen-bond donors (Lipinski definition) is 2. The third-order valence-corrected chi connectivity index (χ3v) is 2.16. The molecule has 0 radical (unpaired) electrons. The van der Waals surface area contributed by atoms with Crippen molar-refractivity contribution in [3.05, 3.63) is 40.6 Å². The lowest BCUT2D eigenvalue weighted by Crippen LogP contribution is -2.15. The van der Waals surface area contributed by atoms with E-state index in [1.54, 1.807) is 31.4 Å². The van der Waals surface area contributed by atoms with Crippen molar-refractivity contribution in [1.82, 2.24) is 14.8 Å². The third kappa shape index (κ3) is 1.82. The number of ether oxygens (including phenoxy) is 1. The lowest BCUT2D eigenvalue weighted by Gasteiger charge is -2.02. The van der Waals surface area contributed by atoms with Gasteiger partial charge in [0.15, 0.2) is 0 Å². The fraction of sp³-hybridized carbons (Fsp3) is 0.200. The Balaban J connectivity index is 2.49. The van der Waals surface area contributed by atoms with Crippen molar-refractivity contribution in [1.29, 1.82) is 0 Å². The van der Waals surface area contributed by atoms with Crippen LogP contribution in [0.4, 0.5) is 0 Å². The summed E-state index contributed by atoms with van der Waals surface area (Å²) in [6.45, 7) is 0.201. The molecular weight excluding hydrogens is 208 g/mol. The van der Waals surface area contributed by atoms with Gasteiger partial charge < -0.3 is 10.5 Å². The van der Waals surface area contributed by atoms with Gasteiger partial charge in [0.05, 0.1) is 19.3 Å². The van der Waals surface area contributed by atoms with E-state index in [4.69, 9.17) is 10.5 Å². The minimum absolute atomic E-state index is 0.201. The Morgan fingerprint density at radius 1 is 1.56 bits per heavy atom. The van der Waals surface area contributed by atoms with Crippen molar-refractivity contribution in [2.24, 2.45) is 5.73 Å². The summed E-state index contributed by atoms with van der Waals surface area (Å²) in [6, 6.07) is 7.08. The minimum atomic E-state index is -0.311. The van der Waals surface area contributed by atoms with Gasteiger partial charge in [-0.1, -0.05) is 6.07 Å². The largest absolute Gasteiger partial charge is 0.497 e. The van der Waals surface area contributed by atoms with Crippen LogP contribution < -0.4 is 16.2 Å². The number of rotatable bonds is 3. The number of aromatic nitrogens is 3. The van der Waals surface area contributed by atoms with Crippen molar-refractivity contribution in [3.63, 3.8) is 0 Å². The minimum Gasteiger partial charge on any atom is -0.497 e. The molecule has 0 fully saturated rings. The van der Waals surface area contributed by atoms with E-state index in [-0.39, 0.29) is 12.2 Å². The van der Waals surface area contributed by atoms with Crippen molar-refractivity contribution in [2.75, 3.05) is 7.11 Å². The number of methoxy groups -OCH3 is 1. The van der Waals surface area contributed by atoms with Crippen LogP contribution >= 0.6 is 0 Å². The van der Waals surface area contributed by atoms with E-state index < -0.39 is 0 Å². The maximum absolute atomic E-state index is 11.5. The van der Waals surface area contributed by atoms with E-state index in [0.717, 1.165) is 0 Å². The molecule has 1 aromatic carbocycles. The van der Waals surface area contributed by atoms with Crippen LogP contribution in [-0.4, -0.2) is 21.9 Å². The van der Waals surface area contributed by atoms with Gasteiger partial charge in [0.25, 0.3) is 0 Å². The zero-order chi connectivity index (χ0) is 11.5.